The van der Waals surface area contributed by atoms with E-state index in [1.165, 1.54) is 19.3 Å². The van der Waals surface area contributed by atoms with E-state index in [4.69, 9.17) is 0 Å². The standard InChI is InChI=1S/C14H27N3O/c1-4-9-16-14(18)12(3)17-10-7-6-8-13(17)11-15-5-2/h4,12-13,15H,1,5-11H2,2-3H3,(H,16,18). The molecule has 4 heteroatoms. The number of piperidine rings is 1. The minimum absolute atomic E-state index is 0.0473. The topological polar surface area (TPSA) is 44.4 Å². The number of nitrogens with one attached hydrogen (secondary N) is 2. The van der Waals surface area contributed by atoms with Gasteiger partial charge in [0.15, 0.2) is 0 Å². The highest BCUT2D eigenvalue weighted by atomic mass is 16.2. The first-order valence-electron chi connectivity index (χ1n) is 7.05. The molecule has 0 aliphatic carbocycles. The highest BCUT2D eigenvalue weighted by molar-refractivity contribution is 5.81. The lowest BCUT2D eigenvalue weighted by Crippen LogP contribution is -2.54. The number of likely N-dealkylation sites (N-methyl/N-ethyl adjacent to an activating group) is 1. The van der Waals surface area contributed by atoms with Crippen LogP contribution in [0.4, 0.5) is 0 Å². The molecule has 0 radical (unpaired) electrons. The molecule has 1 fully saturated rings. The second kappa shape index (κ2) is 8.27. The number of rotatable bonds is 7. The van der Waals surface area contributed by atoms with Gasteiger partial charge in [-0.2, -0.15) is 0 Å². The van der Waals surface area contributed by atoms with Crippen LogP contribution in [0, 0.1) is 0 Å². The molecular weight excluding hydrogens is 226 g/mol. The minimum Gasteiger partial charge on any atom is -0.351 e. The maximum atomic E-state index is 12.0. The van der Waals surface area contributed by atoms with Crippen LogP contribution in [0.5, 0.6) is 0 Å². The summed E-state index contributed by atoms with van der Waals surface area (Å²) in [5, 5.41) is 6.28. The highest BCUT2D eigenvalue weighted by Crippen LogP contribution is 2.19. The Morgan fingerprint density at radius 2 is 2.33 bits per heavy atom. The molecule has 0 saturated carbocycles. The van der Waals surface area contributed by atoms with Crippen molar-refractivity contribution in [1.29, 1.82) is 0 Å². The molecule has 104 valence electrons. The van der Waals surface area contributed by atoms with Gasteiger partial charge in [0.2, 0.25) is 5.91 Å². The highest BCUT2D eigenvalue weighted by Gasteiger charge is 2.29. The summed E-state index contributed by atoms with van der Waals surface area (Å²) >= 11 is 0. The van der Waals surface area contributed by atoms with Crippen molar-refractivity contribution < 1.29 is 4.79 Å². The van der Waals surface area contributed by atoms with E-state index in [0.717, 1.165) is 19.6 Å². The molecule has 2 unspecified atom stereocenters. The fraction of sp³-hybridized carbons (Fsp3) is 0.786. The van der Waals surface area contributed by atoms with Crippen LogP contribution in [-0.2, 0) is 4.79 Å². The predicted octanol–water partition coefficient (Wildman–Crippen LogP) is 1.14. The fourth-order valence-electron chi connectivity index (χ4n) is 2.53. The molecule has 1 amide bonds. The van der Waals surface area contributed by atoms with E-state index in [-0.39, 0.29) is 11.9 Å². The van der Waals surface area contributed by atoms with Crippen molar-refractivity contribution in [1.82, 2.24) is 15.5 Å². The summed E-state index contributed by atoms with van der Waals surface area (Å²) in [5.41, 5.74) is 0. The van der Waals surface area contributed by atoms with Crippen LogP contribution < -0.4 is 10.6 Å². The molecule has 1 aliphatic rings. The number of hydrogen-bond donors (Lipinski definition) is 2. The van der Waals surface area contributed by atoms with E-state index in [9.17, 15) is 4.79 Å². The van der Waals surface area contributed by atoms with Gasteiger partial charge in [-0.25, -0.2) is 0 Å². The molecule has 1 rings (SSSR count). The van der Waals surface area contributed by atoms with Crippen molar-refractivity contribution in [3.05, 3.63) is 12.7 Å². The van der Waals surface area contributed by atoms with E-state index in [1.807, 2.05) is 6.92 Å². The average Bonchev–Trinajstić information content (AvgIpc) is 2.42. The molecule has 2 atom stereocenters. The molecule has 0 aromatic rings. The summed E-state index contributed by atoms with van der Waals surface area (Å²) in [6.45, 7) is 11.3. The lowest BCUT2D eigenvalue weighted by molar-refractivity contribution is -0.127. The Balaban J connectivity index is 2.52. The summed E-state index contributed by atoms with van der Waals surface area (Å²) in [4.78, 5) is 14.3. The molecule has 1 heterocycles. The van der Waals surface area contributed by atoms with Crippen LogP contribution in [0.15, 0.2) is 12.7 Å². The van der Waals surface area contributed by atoms with Crippen molar-refractivity contribution in [3.63, 3.8) is 0 Å². The average molecular weight is 253 g/mol. The SMILES string of the molecule is C=CCNC(=O)C(C)N1CCCCC1CNCC. The Morgan fingerprint density at radius 3 is 3.00 bits per heavy atom. The smallest absolute Gasteiger partial charge is 0.237 e. The number of carbonyl (C=O) groups excluding carboxylic acids is 1. The van der Waals surface area contributed by atoms with Crippen LogP contribution in [-0.4, -0.2) is 49.1 Å². The van der Waals surface area contributed by atoms with Gasteiger partial charge in [0.05, 0.1) is 6.04 Å². The summed E-state index contributed by atoms with van der Waals surface area (Å²) in [7, 11) is 0. The van der Waals surface area contributed by atoms with Crippen molar-refractivity contribution in [2.24, 2.45) is 0 Å². The van der Waals surface area contributed by atoms with Gasteiger partial charge in [-0.05, 0) is 32.9 Å². The quantitative estimate of drug-likeness (QED) is 0.669. The molecule has 1 saturated heterocycles. The minimum atomic E-state index is -0.0473. The molecule has 4 nitrogen and oxygen atoms in total. The molecule has 2 N–H and O–H groups in total. The summed E-state index contributed by atoms with van der Waals surface area (Å²) in [6, 6.07) is 0.442. The van der Waals surface area contributed by atoms with Crippen LogP contribution >= 0.6 is 0 Å². The Labute approximate surface area is 111 Å². The van der Waals surface area contributed by atoms with Gasteiger partial charge in [0.25, 0.3) is 0 Å². The van der Waals surface area contributed by atoms with E-state index in [1.54, 1.807) is 6.08 Å². The fourth-order valence-corrected chi connectivity index (χ4v) is 2.53. The van der Waals surface area contributed by atoms with Crippen LogP contribution in [0.3, 0.4) is 0 Å². The molecule has 0 spiro atoms. The Morgan fingerprint density at radius 1 is 1.56 bits per heavy atom. The monoisotopic (exact) mass is 253 g/mol. The third kappa shape index (κ3) is 4.42. The molecular formula is C14H27N3O. The number of likely N-dealkylation sites (tertiary alicyclic amines) is 1. The van der Waals surface area contributed by atoms with E-state index >= 15 is 0 Å². The van der Waals surface area contributed by atoms with Gasteiger partial charge < -0.3 is 10.6 Å². The zero-order valence-electron chi connectivity index (χ0n) is 11.7. The molecule has 0 bridgehead atoms. The van der Waals surface area contributed by atoms with Crippen molar-refractivity contribution in [2.75, 3.05) is 26.2 Å². The maximum Gasteiger partial charge on any atom is 0.237 e. The van der Waals surface area contributed by atoms with Crippen molar-refractivity contribution in [2.45, 2.75) is 45.2 Å². The van der Waals surface area contributed by atoms with Crippen LogP contribution in [0.1, 0.15) is 33.1 Å². The zero-order chi connectivity index (χ0) is 13.4. The molecule has 1 aliphatic heterocycles. The first kappa shape index (κ1) is 15.2. The second-order valence-corrected chi connectivity index (χ2v) is 4.90. The zero-order valence-corrected chi connectivity index (χ0v) is 11.7. The first-order valence-corrected chi connectivity index (χ1v) is 7.05. The van der Waals surface area contributed by atoms with Gasteiger partial charge in [-0.3, -0.25) is 9.69 Å². The Hall–Kier alpha value is -0.870. The number of hydrogen-bond acceptors (Lipinski definition) is 3. The maximum absolute atomic E-state index is 12.0. The number of carbonyl (C=O) groups is 1. The van der Waals surface area contributed by atoms with E-state index in [0.29, 0.717) is 12.6 Å². The predicted molar refractivity (Wildman–Crippen MR) is 75.6 cm³/mol. The van der Waals surface area contributed by atoms with Crippen molar-refractivity contribution >= 4 is 5.91 Å². The first-order chi connectivity index (χ1) is 8.70. The second-order valence-electron chi connectivity index (χ2n) is 4.90. The molecule has 0 aromatic heterocycles. The van der Waals surface area contributed by atoms with E-state index < -0.39 is 0 Å². The van der Waals surface area contributed by atoms with E-state index in [2.05, 4.69) is 29.0 Å². The van der Waals surface area contributed by atoms with Crippen LogP contribution in [0.2, 0.25) is 0 Å². The summed E-state index contributed by atoms with van der Waals surface area (Å²) < 4.78 is 0. The molecule has 18 heavy (non-hydrogen) atoms. The molecule has 0 aromatic carbocycles. The van der Waals surface area contributed by atoms with Gasteiger partial charge >= 0.3 is 0 Å². The summed E-state index contributed by atoms with van der Waals surface area (Å²) in [5.74, 6) is 0.110. The third-order valence-corrected chi connectivity index (χ3v) is 3.60. The summed E-state index contributed by atoms with van der Waals surface area (Å²) in [6.07, 6.45) is 5.37. The van der Waals surface area contributed by atoms with Gasteiger partial charge in [-0.1, -0.05) is 19.4 Å². The number of amides is 1. The number of nitrogens with zero attached hydrogens (tertiary/aromatic N) is 1. The third-order valence-electron chi connectivity index (χ3n) is 3.60. The van der Waals surface area contributed by atoms with Crippen molar-refractivity contribution in [3.8, 4) is 0 Å². The lowest BCUT2D eigenvalue weighted by atomic mass is 9.99. The van der Waals surface area contributed by atoms with Gasteiger partial charge in [-0.15, -0.1) is 6.58 Å². The van der Waals surface area contributed by atoms with Gasteiger partial charge in [0.1, 0.15) is 0 Å². The largest absolute Gasteiger partial charge is 0.351 e. The normalized spacial score (nSPS) is 22.4. The lowest BCUT2D eigenvalue weighted by Gasteiger charge is -2.39. The van der Waals surface area contributed by atoms with Crippen LogP contribution in [0.25, 0.3) is 0 Å². The Kier molecular flexibility index (Phi) is 6.98. The van der Waals surface area contributed by atoms with Gasteiger partial charge in [0, 0.05) is 19.1 Å². The Bertz CT molecular complexity index is 268.